The highest BCUT2D eigenvalue weighted by molar-refractivity contribution is 5.91. The second-order valence-corrected chi connectivity index (χ2v) is 21.1. The van der Waals surface area contributed by atoms with Gasteiger partial charge in [0.25, 0.3) is 0 Å². The molecule has 9 aromatic carbocycles. The Kier molecular flexibility index (Phi) is 12.4. The normalized spacial score (nSPS) is 12.7. The van der Waals surface area contributed by atoms with Crippen LogP contribution in [0.4, 0.5) is 51.2 Å². The molecule has 10 rings (SSSR count). The van der Waals surface area contributed by atoms with Crippen molar-refractivity contribution in [3.63, 3.8) is 0 Å². The monoisotopic (exact) mass is 940 g/mol. The number of fused-ring (bicyclic) bond motifs is 2. The van der Waals surface area contributed by atoms with E-state index in [-0.39, 0.29) is 0 Å². The summed E-state index contributed by atoms with van der Waals surface area (Å²) < 4.78 is 0. The van der Waals surface area contributed by atoms with Crippen LogP contribution in [-0.2, 0) is 5.41 Å². The van der Waals surface area contributed by atoms with Crippen LogP contribution in [0, 0.1) is 96.9 Å². The van der Waals surface area contributed by atoms with Crippen molar-refractivity contribution in [2.75, 3.05) is 14.7 Å². The van der Waals surface area contributed by atoms with Gasteiger partial charge in [-0.15, -0.1) is 0 Å². The van der Waals surface area contributed by atoms with E-state index < -0.39 is 5.41 Å². The molecule has 72 heavy (non-hydrogen) atoms. The molecule has 0 atom stereocenters. The number of para-hydroxylation sites is 1. The molecular formula is C69H69N3. The Morgan fingerprint density at radius 3 is 1.07 bits per heavy atom. The predicted octanol–water partition coefficient (Wildman–Crippen LogP) is 19.1. The first-order valence-corrected chi connectivity index (χ1v) is 25.7. The molecular weight excluding hydrogens is 871 g/mol. The topological polar surface area (TPSA) is 9.72 Å². The molecule has 360 valence electrons. The van der Waals surface area contributed by atoms with E-state index in [0.717, 1.165) is 17.1 Å². The van der Waals surface area contributed by atoms with E-state index in [2.05, 4.69) is 275 Å². The van der Waals surface area contributed by atoms with Crippen LogP contribution in [0.25, 0.3) is 0 Å². The predicted molar refractivity (Wildman–Crippen MR) is 309 cm³/mol. The van der Waals surface area contributed by atoms with Crippen LogP contribution in [0.3, 0.4) is 0 Å². The molecule has 0 amide bonds. The Morgan fingerprint density at radius 1 is 0.306 bits per heavy atom. The van der Waals surface area contributed by atoms with E-state index in [0.29, 0.717) is 0 Å². The molecule has 1 aliphatic rings. The lowest BCUT2D eigenvalue weighted by atomic mass is 9.62. The molecule has 9 aromatic rings. The molecule has 3 heteroatoms. The minimum Gasteiger partial charge on any atom is -0.310 e. The molecule has 3 nitrogen and oxygen atoms in total. The van der Waals surface area contributed by atoms with Crippen molar-refractivity contribution in [2.45, 2.75) is 102 Å². The van der Waals surface area contributed by atoms with E-state index in [1.807, 2.05) is 0 Å². The van der Waals surface area contributed by atoms with Crippen molar-refractivity contribution in [1.82, 2.24) is 0 Å². The number of aryl methyl sites for hydroxylation is 10. The minimum atomic E-state index is -0.705. The number of benzene rings is 9. The first-order chi connectivity index (χ1) is 34.5. The number of hydrogen-bond donors (Lipinski definition) is 0. The summed E-state index contributed by atoms with van der Waals surface area (Å²) in [5.74, 6) is 0. The molecule has 1 aliphatic heterocycles. The van der Waals surface area contributed by atoms with Crippen LogP contribution >= 0.6 is 0 Å². The average molecular weight is 940 g/mol. The minimum absolute atomic E-state index is 0.705. The maximum absolute atomic E-state index is 2.50. The Hall–Kier alpha value is -7.62. The summed E-state index contributed by atoms with van der Waals surface area (Å²) in [6.45, 7) is 31.3. The van der Waals surface area contributed by atoms with Gasteiger partial charge in [0.1, 0.15) is 0 Å². The lowest BCUT2D eigenvalue weighted by molar-refractivity contribution is 0.730. The largest absolute Gasteiger partial charge is 0.310 e. The number of rotatable bonds is 9. The third kappa shape index (κ3) is 8.10. The van der Waals surface area contributed by atoms with Crippen LogP contribution in [-0.4, -0.2) is 0 Å². The zero-order chi connectivity index (χ0) is 50.9. The number of anilines is 9. The highest BCUT2D eigenvalue weighted by Gasteiger charge is 2.47. The van der Waals surface area contributed by atoms with Gasteiger partial charge >= 0.3 is 0 Å². The Labute approximate surface area is 430 Å². The van der Waals surface area contributed by atoms with Crippen LogP contribution in [0.15, 0.2) is 164 Å². The summed E-state index contributed by atoms with van der Waals surface area (Å²) in [6, 6.07) is 63.0. The Balaban J connectivity index is 1.25. The van der Waals surface area contributed by atoms with Gasteiger partial charge in [0.2, 0.25) is 0 Å². The van der Waals surface area contributed by atoms with Crippen molar-refractivity contribution in [3.05, 3.63) is 264 Å². The molecule has 0 fully saturated rings. The molecule has 0 aromatic heterocycles. The van der Waals surface area contributed by atoms with Gasteiger partial charge < -0.3 is 14.7 Å². The summed E-state index contributed by atoms with van der Waals surface area (Å²) in [5.41, 5.74) is 32.5. The molecule has 1 heterocycles. The van der Waals surface area contributed by atoms with Crippen LogP contribution in [0.2, 0.25) is 0 Å². The second kappa shape index (κ2) is 18.5. The van der Waals surface area contributed by atoms with E-state index in [4.69, 9.17) is 0 Å². The maximum Gasteiger partial charge on any atom is 0.0742 e. The summed E-state index contributed by atoms with van der Waals surface area (Å²) >= 11 is 0. The molecule has 0 bridgehead atoms. The Morgan fingerprint density at radius 2 is 0.667 bits per heavy atom. The first kappa shape index (κ1) is 48.0. The molecule has 0 radical (unpaired) electrons. The maximum atomic E-state index is 2.50. The molecule has 0 spiro atoms. The van der Waals surface area contributed by atoms with Gasteiger partial charge in [-0.1, -0.05) is 102 Å². The lowest BCUT2D eigenvalue weighted by Crippen LogP contribution is -2.38. The first-order valence-electron chi connectivity index (χ1n) is 25.7. The van der Waals surface area contributed by atoms with E-state index in [1.54, 1.807) is 0 Å². The zero-order valence-corrected chi connectivity index (χ0v) is 44.9. The third-order valence-electron chi connectivity index (χ3n) is 15.9. The number of nitrogens with zero attached hydrogens (tertiary/aromatic N) is 3. The zero-order valence-electron chi connectivity index (χ0n) is 44.9. The second-order valence-electron chi connectivity index (χ2n) is 21.1. The van der Waals surface area contributed by atoms with Gasteiger partial charge in [0.15, 0.2) is 0 Å². The summed E-state index contributed by atoms with van der Waals surface area (Å²) in [4.78, 5) is 7.48. The van der Waals surface area contributed by atoms with Crippen molar-refractivity contribution in [3.8, 4) is 0 Å². The van der Waals surface area contributed by atoms with E-state index in [1.165, 1.54) is 134 Å². The molecule has 0 aliphatic carbocycles. The van der Waals surface area contributed by atoms with Crippen molar-refractivity contribution < 1.29 is 0 Å². The van der Waals surface area contributed by atoms with Gasteiger partial charge in [-0.25, -0.2) is 0 Å². The van der Waals surface area contributed by atoms with Crippen molar-refractivity contribution in [2.24, 2.45) is 0 Å². The fraction of sp³-hybridized carbons (Fsp3) is 0.217. The summed E-state index contributed by atoms with van der Waals surface area (Å²) in [7, 11) is 0. The SMILES string of the molecule is Cc1ccc(N2c3ccccc3C(c3ccc(N(c4cc(C)cc(C)c4C)c4cc(C)cc(C)c4C)cc3)(c3ccc(N(c4cc(C)cc(C)c4C)c4cc(C)cc(C)c4C)cc3)c3cc(C)ccc32)cc1. The lowest BCUT2D eigenvalue weighted by Gasteiger charge is -2.47. The highest BCUT2D eigenvalue weighted by Crippen LogP contribution is 2.58. The quantitative estimate of drug-likeness (QED) is 0.143. The molecule has 0 unspecified atom stereocenters. The summed E-state index contributed by atoms with van der Waals surface area (Å²) in [6.07, 6.45) is 0. The van der Waals surface area contributed by atoms with E-state index in [9.17, 15) is 0 Å². The average Bonchev–Trinajstić information content (AvgIpc) is 3.35. The van der Waals surface area contributed by atoms with Gasteiger partial charge in [-0.05, 0) is 259 Å². The Bertz CT molecular complexity index is 3280. The highest BCUT2D eigenvalue weighted by atomic mass is 15.2. The standard InChI is InChI=1S/C69H69N3/c1-42-19-26-58(27-20-42)70-63-18-16-15-17-61(63)69(62-37-43(2)21-32-64(62)70,56-22-28-59(29-23-56)71(65-38-44(3)33-48(7)52(65)11)66-39-45(4)34-49(8)53(66)12)57-24-30-60(31-25-57)72(67-40-46(5)35-50(9)54(67)13)68-41-47(6)36-51(10)55(68)14/h15-41H,1-14H3. The molecule has 0 saturated heterocycles. The van der Waals surface area contributed by atoms with Gasteiger partial charge in [-0.3, -0.25) is 0 Å². The van der Waals surface area contributed by atoms with Crippen LogP contribution in [0.1, 0.15) is 100 Å². The van der Waals surface area contributed by atoms with Gasteiger partial charge in [-0.2, -0.15) is 0 Å². The van der Waals surface area contributed by atoms with Crippen LogP contribution in [0.5, 0.6) is 0 Å². The fourth-order valence-corrected chi connectivity index (χ4v) is 11.7. The van der Waals surface area contributed by atoms with Crippen molar-refractivity contribution in [1.29, 1.82) is 0 Å². The molecule has 0 N–H and O–H groups in total. The van der Waals surface area contributed by atoms with Crippen molar-refractivity contribution >= 4 is 51.2 Å². The number of hydrogen-bond acceptors (Lipinski definition) is 3. The molecule has 0 saturated carbocycles. The van der Waals surface area contributed by atoms with E-state index >= 15 is 0 Å². The van der Waals surface area contributed by atoms with Crippen LogP contribution < -0.4 is 14.7 Å². The summed E-state index contributed by atoms with van der Waals surface area (Å²) in [5, 5.41) is 0. The smallest absolute Gasteiger partial charge is 0.0742 e. The fourth-order valence-electron chi connectivity index (χ4n) is 11.7. The van der Waals surface area contributed by atoms with Gasteiger partial charge in [0.05, 0.1) is 16.8 Å². The third-order valence-corrected chi connectivity index (χ3v) is 15.9. The van der Waals surface area contributed by atoms with Gasteiger partial charge in [0, 0.05) is 39.8 Å².